The van der Waals surface area contributed by atoms with Crippen LogP contribution in [0.2, 0.25) is 0 Å². The van der Waals surface area contributed by atoms with Gasteiger partial charge in [0.15, 0.2) is 0 Å². The van der Waals surface area contributed by atoms with E-state index in [1.165, 1.54) is 28.7 Å². The van der Waals surface area contributed by atoms with Gasteiger partial charge in [0.25, 0.3) is 0 Å². The second kappa shape index (κ2) is 5.98. The average molecular weight is 372 g/mol. The third kappa shape index (κ3) is 2.47. The molecular weight excluding hydrogens is 358 g/mol. The minimum absolute atomic E-state index is 0.699. The van der Waals surface area contributed by atoms with Crippen LogP contribution < -0.4 is 0 Å². The highest BCUT2D eigenvalue weighted by atomic mass is 32.2. The van der Waals surface area contributed by atoms with Crippen molar-refractivity contribution in [2.75, 3.05) is 0 Å². The van der Waals surface area contributed by atoms with E-state index < -0.39 is 0 Å². The number of fused-ring (bicyclic) bond motifs is 3. The molecule has 4 heterocycles. The summed E-state index contributed by atoms with van der Waals surface area (Å²) in [6.45, 7) is 0. The van der Waals surface area contributed by atoms with E-state index in [0.717, 1.165) is 32.6 Å². The van der Waals surface area contributed by atoms with Gasteiger partial charge in [0.2, 0.25) is 5.89 Å². The smallest absolute Gasteiger partial charge is 0.236 e. The monoisotopic (exact) mass is 371 g/mol. The first-order chi connectivity index (χ1) is 11.9. The molecule has 0 atom stereocenters. The lowest BCUT2D eigenvalue weighted by molar-refractivity contribution is 0.575. The Hall–Kier alpha value is -1.70. The Balaban J connectivity index is 1.42. The Kier molecular flexibility index (Phi) is 3.65. The van der Waals surface area contributed by atoms with Gasteiger partial charge >= 0.3 is 0 Å². The summed E-state index contributed by atoms with van der Waals surface area (Å²) >= 11 is 5.19. The van der Waals surface area contributed by atoms with Crippen LogP contribution in [0.15, 0.2) is 39.5 Å². The molecule has 0 unspecified atom stereocenters. The zero-order valence-electron chi connectivity index (χ0n) is 12.7. The second-order valence-corrected chi connectivity index (χ2v) is 8.62. The first kappa shape index (κ1) is 14.6. The van der Waals surface area contributed by atoms with Crippen molar-refractivity contribution in [1.29, 1.82) is 0 Å². The van der Waals surface area contributed by atoms with Crippen molar-refractivity contribution in [2.45, 2.75) is 30.0 Å². The van der Waals surface area contributed by atoms with Gasteiger partial charge in [-0.3, -0.25) is 0 Å². The molecule has 0 aliphatic heterocycles. The molecule has 4 aromatic heterocycles. The molecule has 7 heteroatoms. The number of thiophene rings is 2. The minimum Gasteiger partial charge on any atom is -0.444 e. The van der Waals surface area contributed by atoms with Crippen molar-refractivity contribution in [3.05, 3.63) is 46.2 Å². The predicted molar refractivity (Wildman–Crippen MR) is 98.8 cm³/mol. The van der Waals surface area contributed by atoms with Gasteiger partial charge in [-0.1, -0.05) is 17.8 Å². The Labute approximate surface area is 151 Å². The summed E-state index contributed by atoms with van der Waals surface area (Å²) in [4.78, 5) is 17.3. The standard InChI is InChI=1S/C17H13N3OS3/c1-3-11-12(4-1)24-17-14(11)16(18-9-19-17)23-8-10-7-21-15(20-10)13-5-2-6-22-13/h2,5-7,9H,1,3-4,8H2. The maximum absolute atomic E-state index is 5.60. The van der Waals surface area contributed by atoms with Gasteiger partial charge in [0, 0.05) is 16.0 Å². The number of hydrogen-bond acceptors (Lipinski definition) is 7. The topological polar surface area (TPSA) is 51.8 Å². The lowest BCUT2D eigenvalue weighted by Gasteiger charge is -2.02. The van der Waals surface area contributed by atoms with Gasteiger partial charge in [-0.05, 0) is 36.3 Å². The number of hydrogen-bond donors (Lipinski definition) is 0. The highest BCUT2D eigenvalue weighted by Crippen LogP contribution is 2.40. The van der Waals surface area contributed by atoms with E-state index in [1.54, 1.807) is 35.7 Å². The zero-order valence-corrected chi connectivity index (χ0v) is 15.1. The molecular formula is C17H13N3OS3. The summed E-state index contributed by atoms with van der Waals surface area (Å²) in [6.07, 6.45) is 7.02. The predicted octanol–water partition coefficient (Wildman–Crippen LogP) is 5.19. The Morgan fingerprint density at radius 3 is 3.17 bits per heavy atom. The zero-order chi connectivity index (χ0) is 15.9. The molecule has 0 radical (unpaired) electrons. The van der Waals surface area contributed by atoms with Crippen LogP contribution in [-0.4, -0.2) is 15.0 Å². The fourth-order valence-corrected chi connectivity index (χ4v) is 5.89. The molecule has 0 saturated carbocycles. The van der Waals surface area contributed by atoms with Gasteiger partial charge in [-0.2, -0.15) is 0 Å². The summed E-state index contributed by atoms with van der Waals surface area (Å²) in [5.41, 5.74) is 2.42. The maximum Gasteiger partial charge on any atom is 0.236 e. The first-order valence-corrected chi connectivity index (χ1v) is 10.4. The summed E-state index contributed by atoms with van der Waals surface area (Å²) in [7, 11) is 0. The van der Waals surface area contributed by atoms with Crippen molar-refractivity contribution in [1.82, 2.24) is 15.0 Å². The molecule has 4 nitrogen and oxygen atoms in total. The molecule has 0 saturated heterocycles. The van der Waals surface area contributed by atoms with Crippen LogP contribution in [0.5, 0.6) is 0 Å². The third-order valence-electron chi connectivity index (χ3n) is 4.11. The summed E-state index contributed by atoms with van der Waals surface area (Å²) in [5.74, 6) is 1.45. The number of thioether (sulfide) groups is 1. The van der Waals surface area contributed by atoms with E-state index >= 15 is 0 Å². The van der Waals surface area contributed by atoms with Crippen LogP contribution in [0, 0.1) is 0 Å². The Bertz CT molecular complexity index is 1000. The van der Waals surface area contributed by atoms with E-state index in [-0.39, 0.29) is 0 Å². The molecule has 1 aliphatic rings. The van der Waals surface area contributed by atoms with Crippen molar-refractivity contribution in [3.8, 4) is 10.8 Å². The van der Waals surface area contributed by atoms with E-state index in [0.29, 0.717) is 5.89 Å². The maximum atomic E-state index is 5.60. The highest BCUT2D eigenvalue weighted by Gasteiger charge is 2.21. The molecule has 0 N–H and O–H groups in total. The summed E-state index contributed by atoms with van der Waals surface area (Å²) < 4.78 is 5.60. The molecule has 0 aromatic carbocycles. The van der Waals surface area contributed by atoms with Crippen LogP contribution >= 0.6 is 34.4 Å². The number of aryl methyl sites for hydroxylation is 2. The van der Waals surface area contributed by atoms with E-state index in [4.69, 9.17) is 4.42 Å². The van der Waals surface area contributed by atoms with Crippen LogP contribution in [0.3, 0.4) is 0 Å². The molecule has 5 rings (SSSR count). The number of aromatic nitrogens is 3. The Morgan fingerprint density at radius 2 is 2.25 bits per heavy atom. The average Bonchev–Trinajstić information content (AvgIpc) is 3.34. The van der Waals surface area contributed by atoms with E-state index in [1.807, 2.05) is 28.8 Å². The van der Waals surface area contributed by atoms with Crippen LogP contribution in [0.1, 0.15) is 22.6 Å². The summed E-state index contributed by atoms with van der Waals surface area (Å²) in [5, 5.41) is 4.37. The molecule has 0 amide bonds. The van der Waals surface area contributed by atoms with E-state index in [9.17, 15) is 0 Å². The fourth-order valence-electron chi connectivity index (χ4n) is 3.04. The lowest BCUT2D eigenvalue weighted by Crippen LogP contribution is -1.88. The number of nitrogens with zero attached hydrogens (tertiary/aromatic N) is 3. The van der Waals surface area contributed by atoms with Crippen molar-refractivity contribution in [3.63, 3.8) is 0 Å². The van der Waals surface area contributed by atoms with Crippen LogP contribution in [0.4, 0.5) is 0 Å². The highest BCUT2D eigenvalue weighted by molar-refractivity contribution is 7.98. The lowest BCUT2D eigenvalue weighted by atomic mass is 10.2. The minimum atomic E-state index is 0.699. The number of oxazole rings is 1. The molecule has 0 bridgehead atoms. The molecule has 0 fully saturated rings. The normalized spacial score (nSPS) is 13.7. The SMILES string of the molecule is c1csc(-c2nc(CSc3ncnc4sc5c(c34)CCC5)co2)c1. The first-order valence-electron chi connectivity index (χ1n) is 7.75. The van der Waals surface area contributed by atoms with Crippen molar-refractivity contribution in [2.24, 2.45) is 0 Å². The van der Waals surface area contributed by atoms with Gasteiger partial charge in [-0.25, -0.2) is 15.0 Å². The van der Waals surface area contributed by atoms with Crippen LogP contribution in [0.25, 0.3) is 21.0 Å². The molecule has 4 aromatic rings. The van der Waals surface area contributed by atoms with Gasteiger partial charge in [-0.15, -0.1) is 22.7 Å². The van der Waals surface area contributed by atoms with Crippen LogP contribution in [-0.2, 0) is 18.6 Å². The third-order valence-corrected chi connectivity index (χ3v) is 7.19. The molecule has 120 valence electrons. The molecule has 0 spiro atoms. The van der Waals surface area contributed by atoms with Gasteiger partial charge in [0.1, 0.15) is 22.4 Å². The number of rotatable bonds is 4. The fraction of sp³-hybridized carbons (Fsp3) is 0.235. The van der Waals surface area contributed by atoms with Crippen molar-refractivity contribution < 1.29 is 4.42 Å². The van der Waals surface area contributed by atoms with E-state index in [2.05, 4.69) is 15.0 Å². The molecule has 1 aliphatic carbocycles. The quantitative estimate of drug-likeness (QED) is 0.365. The van der Waals surface area contributed by atoms with Gasteiger partial charge in [0.05, 0.1) is 10.6 Å². The Morgan fingerprint density at radius 1 is 1.25 bits per heavy atom. The largest absolute Gasteiger partial charge is 0.444 e. The van der Waals surface area contributed by atoms with Gasteiger partial charge < -0.3 is 4.42 Å². The molecule has 24 heavy (non-hydrogen) atoms. The van der Waals surface area contributed by atoms with Crippen molar-refractivity contribution >= 4 is 44.7 Å². The second-order valence-electron chi connectivity index (χ2n) is 5.63. The summed E-state index contributed by atoms with van der Waals surface area (Å²) in [6, 6.07) is 4.03.